The number of carboxylic acid groups (broad SMARTS) is 1. The maximum Gasteiger partial charge on any atom is 0.352 e. The van der Waals surface area contributed by atoms with Crippen molar-refractivity contribution in [1.29, 1.82) is 0 Å². The second kappa shape index (κ2) is 10.5. The number of nitrogens with zero attached hydrogens (tertiary/aromatic N) is 2. The normalized spacial score (nSPS) is 20.2. The summed E-state index contributed by atoms with van der Waals surface area (Å²) in [6, 6.07) is 2.78. The zero-order valence-electron chi connectivity index (χ0n) is 15.8. The number of rotatable bonds is 7. The van der Waals surface area contributed by atoms with Gasteiger partial charge >= 0.3 is 11.9 Å². The van der Waals surface area contributed by atoms with Crippen molar-refractivity contribution in [3.63, 3.8) is 0 Å². The molecular formula is C17H17N3NaO6S2. The number of aliphatic carboxylic acids is 1. The van der Waals surface area contributed by atoms with E-state index in [1.165, 1.54) is 30.4 Å². The monoisotopic (exact) mass is 446 g/mol. The van der Waals surface area contributed by atoms with E-state index in [1.807, 2.05) is 0 Å². The van der Waals surface area contributed by atoms with Crippen molar-refractivity contribution in [2.24, 2.45) is 0 Å². The third-order valence-electron chi connectivity index (χ3n) is 4.04. The molecule has 2 amide bonds. The van der Waals surface area contributed by atoms with Crippen LogP contribution in [0.3, 0.4) is 0 Å². The quantitative estimate of drug-likeness (QED) is 0.259. The topological polar surface area (TPSA) is 126 Å². The molecule has 2 aliphatic rings. The van der Waals surface area contributed by atoms with Crippen molar-refractivity contribution in [1.82, 2.24) is 15.2 Å². The van der Waals surface area contributed by atoms with Crippen molar-refractivity contribution < 1.29 is 29.0 Å². The van der Waals surface area contributed by atoms with E-state index < -0.39 is 29.3 Å². The molecular weight excluding hydrogens is 429 g/mol. The zero-order valence-corrected chi connectivity index (χ0v) is 19.4. The number of β-lactam (4-membered cyclic amide) rings is 1. The van der Waals surface area contributed by atoms with Gasteiger partial charge in [0.25, 0.3) is 5.91 Å². The maximum atomic E-state index is 12.5. The number of carbonyl (C=O) groups excluding carboxylic acids is 3. The molecule has 0 bridgehead atoms. The molecule has 3 heterocycles. The molecule has 12 heteroatoms. The van der Waals surface area contributed by atoms with Crippen molar-refractivity contribution in [3.8, 4) is 0 Å². The van der Waals surface area contributed by atoms with Crippen molar-refractivity contribution >= 4 is 76.8 Å². The molecule has 2 atom stereocenters. The number of esters is 1. The van der Waals surface area contributed by atoms with E-state index in [-0.39, 0.29) is 53.5 Å². The van der Waals surface area contributed by atoms with Gasteiger partial charge < -0.3 is 15.2 Å². The third kappa shape index (κ3) is 5.54. The predicted octanol–water partition coefficient (Wildman–Crippen LogP) is 0.0946. The molecule has 2 N–H and O–H groups in total. The second-order valence-corrected chi connectivity index (χ2v) is 8.12. The van der Waals surface area contributed by atoms with Crippen LogP contribution in [0.15, 0.2) is 40.7 Å². The van der Waals surface area contributed by atoms with Gasteiger partial charge in [0.1, 0.15) is 23.7 Å². The summed E-state index contributed by atoms with van der Waals surface area (Å²) in [4.78, 5) is 53.2. The predicted molar refractivity (Wildman–Crippen MR) is 107 cm³/mol. The number of carboxylic acids is 1. The van der Waals surface area contributed by atoms with Crippen molar-refractivity contribution in [2.45, 2.75) is 23.2 Å². The number of thioether (sulfide) groups is 2. The first-order valence-electron chi connectivity index (χ1n) is 8.24. The minimum atomic E-state index is -1.26. The number of ether oxygens (including phenoxy) is 1. The number of fused-ring (bicyclic) bond motifs is 1. The minimum absolute atomic E-state index is 0. The summed E-state index contributed by atoms with van der Waals surface area (Å²) < 4.78 is 4.88. The van der Waals surface area contributed by atoms with Gasteiger partial charge in [-0.1, -0.05) is 0 Å². The van der Waals surface area contributed by atoms with E-state index >= 15 is 0 Å². The van der Waals surface area contributed by atoms with Crippen LogP contribution in [0, 0.1) is 0 Å². The van der Waals surface area contributed by atoms with E-state index in [1.54, 1.807) is 24.5 Å². The Bertz CT molecular complexity index is 851. The fourth-order valence-electron chi connectivity index (χ4n) is 2.78. The summed E-state index contributed by atoms with van der Waals surface area (Å²) in [5.74, 6) is -2.18. The second-order valence-electron chi connectivity index (χ2n) is 5.96. The molecule has 0 aromatic carbocycles. The molecule has 0 aliphatic carbocycles. The number of aromatic nitrogens is 1. The van der Waals surface area contributed by atoms with Gasteiger partial charge in [0.15, 0.2) is 0 Å². The van der Waals surface area contributed by atoms with Gasteiger partial charge in [-0.05, 0) is 12.1 Å². The molecule has 149 valence electrons. The SMILES string of the molecule is CC(=O)OCC1=C(C(=O)O)N2C(=O)C(NC(=O)CSc3ccncc3)C2SC1.[Na]. The standard InChI is InChI=1S/C17H17N3O6S2.Na/c1-9(21)26-6-10-7-28-16-13(15(23)20(16)14(10)17(24)25)19-12(22)8-27-11-2-4-18-5-3-11;/h2-5,13,16H,6-8H2,1H3,(H,19,22)(H,24,25);. The van der Waals surface area contributed by atoms with Crippen molar-refractivity contribution in [3.05, 3.63) is 35.8 Å². The maximum absolute atomic E-state index is 12.5. The zero-order chi connectivity index (χ0) is 20.3. The summed E-state index contributed by atoms with van der Waals surface area (Å²) in [6.07, 6.45) is 3.25. The van der Waals surface area contributed by atoms with Gasteiger partial charge in [0.2, 0.25) is 5.91 Å². The fourth-order valence-corrected chi connectivity index (χ4v) is 4.80. The summed E-state index contributed by atoms with van der Waals surface area (Å²) in [5, 5.41) is 11.7. The molecule has 1 aromatic rings. The van der Waals surface area contributed by atoms with Gasteiger partial charge in [-0.25, -0.2) is 4.79 Å². The molecule has 29 heavy (non-hydrogen) atoms. The van der Waals surface area contributed by atoms with Crippen LogP contribution in [0.2, 0.25) is 0 Å². The summed E-state index contributed by atoms with van der Waals surface area (Å²) in [7, 11) is 0. The Labute approximate surface area is 197 Å². The first-order chi connectivity index (χ1) is 13.4. The van der Waals surface area contributed by atoms with E-state index in [0.717, 1.165) is 9.80 Å². The van der Waals surface area contributed by atoms with Crippen molar-refractivity contribution in [2.75, 3.05) is 18.1 Å². The van der Waals surface area contributed by atoms with E-state index in [9.17, 15) is 24.3 Å². The van der Waals surface area contributed by atoms with Gasteiger partial charge in [0, 0.05) is 65.1 Å². The first-order valence-corrected chi connectivity index (χ1v) is 10.3. The first kappa shape index (κ1) is 23.7. The molecule has 3 rings (SSSR count). The molecule has 9 nitrogen and oxygen atoms in total. The smallest absolute Gasteiger partial charge is 0.352 e. The van der Waals surface area contributed by atoms with Crippen LogP contribution in [-0.4, -0.2) is 97.8 Å². The number of nitrogens with one attached hydrogen (secondary N) is 1. The van der Waals surface area contributed by atoms with Crippen LogP contribution in [-0.2, 0) is 23.9 Å². The molecule has 2 aliphatic heterocycles. The Balaban J connectivity index is 0.00000300. The third-order valence-corrected chi connectivity index (χ3v) is 6.39. The number of hydrogen-bond acceptors (Lipinski definition) is 8. The molecule has 0 saturated carbocycles. The summed E-state index contributed by atoms with van der Waals surface area (Å²) in [5.41, 5.74) is 0.182. The summed E-state index contributed by atoms with van der Waals surface area (Å²) >= 11 is 2.64. The van der Waals surface area contributed by atoms with E-state index in [0.29, 0.717) is 11.3 Å². The Kier molecular flexibility index (Phi) is 8.58. The molecule has 1 radical (unpaired) electrons. The number of carbonyl (C=O) groups is 4. The van der Waals surface area contributed by atoms with Crippen LogP contribution in [0.4, 0.5) is 0 Å². The van der Waals surface area contributed by atoms with Gasteiger partial charge in [0.05, 0.1) is 5.75 Å². The van der Waals surface area contributed by atoms with Crippen LogP contribution in [0.5, 0.6) is 0 Å². The minimum Gasteiger partial charge on any atom is -0.477 e. The Morgan fingerprint density at radius 1 is 1.38 bits per heavy atom. The van der Waals surface area contributed by atoms with Gasteiger partial charge in [-0.2, -0.15) is 0 Å². The average molecular weight is 446 g/mol. The number of amides is 2. The molecule has 0 spiro atoms. The van der Waals surface area contributed by atoms with Crippen LogP contribution < -0.4 is 5.32 Å². The Morgan fingerprint density at radius 2 is 2.07 bits per heavy atom. The van der Waals surface area contributed by atoms with E-state index in [4.69, 9.17) is 4.74 Å². The fraction of sp³-hybridized carbons (Fsp3) is 0.353. The van der Waals surface area contributed by atoms with Crippen LogP contribution in [0.25, 0.3) is 0 Å². The van der Waals surface area contributed by atoms with Crippen LogP contribution >= 0.6 is 23.5 Å². The number of hydrogen-bond donors (Lipinski definition) is 2. The van der Waals surface area contributed by atoms with Crippen LogP contribution in [0.1, 0.15) is 6.92 Å². The van der Waals surface area contributed by atoms with Gasteiger partial charge in [-0.15, -0.1) is 23.5 Å². The Hall–Kier alpha value is -1.53. The molecule has 1 saturated heterocycles. The van der Waals surface area contributed by atoms with E-state index in [2.05, 4.69) is 10.3 Å². The summed E-state index contributed by atoms with van der Waals surface area (Å²) in [6.45, 7) is 1.05. The van der Waals surface area contributed by atoms with Gasteiger partial charge in [-0.3, -0.25) is 24.3 Å². The Morgan fingerprint density at radius 3 is 2.69 bits per heavy atom. The molecule has 1 aromatic heterocycles. The number of pyridine rings is 1. The largest absolute Gasteiger partial charge is 0.477 e. The molecule has 2 unspecified atom stereocenters. The average Bonchev–Trinajstić information content (AvgIpc) is 2.68. The molecule has 1 fully saturated rings.